The smallest absolute Gasteiger partial charge is 0.308 e. The quantitative estimate of drug-likeness (QED) is 0.294. The molecule has 2 aliphatic rings. The van der Waals surface area contributed by atoms with Crippen LogP contribution in [0.5, 0.6) is 0 Å². The molecule has 2 heterocycles. The van der Waals surface area contributed by atoms with Crippen LogP contribution in [-0.2, 0) is 28.5 Å². The predicted molar refractivity (Wildman–Crippen MR) is 94.7 cm³/mol. The molecule has 8 heteroatoms. The van der Waals surface area contributed by atoms with E-state index in [4.69, 9.17) is 18.9 Å². The summed E-state index contributed by atoms with van der Waals surface area (Å²) in [7, 11) is 0. The molecule has 0 spiro atoms. The topological polar surface area (TPSA) is 112 Å². The van der Waals surface area contributed by atoms with E-state index < -0.39 is 30.1 Å². The normalized spacial score (nSPS) is 29.5. The first-order valence-corrected chi connectivity index (χ1v) is 9.97. The van der Waals surface area contributed by atoms with Crippen LogP contribution in [0, 0.1) is 0 Å². The minimum Gasteiger partial charge on any atom is -0.466 e. The Morgan fingerprint density at radius 3 is 2.52 bits per heavy atom. The Labute approximate surface area is 160 Å². The highest BCUT2D eigenvalue weighted by Gasteiger charge is 2.58. The van der Waals surface area contributed by atoms with Gasteiger partial charge in [-0.15, -0.1) is 0 Å². The molecule has 2 saturated heterocycles. The van der Waals surface area contributed by atoms with Gasteiger partial charge < -0.3 is 29.2 Å². The molecule has 8 nitrogen and oxygen atoms in total. The molecule has 0 bridgehead atoms. The molecule has 27 heavy (non-hydrogen) atoms. The third-order valence-electron chi connectivity index (χ3n) is 4.86. The fraction of sp³-hybridized carbons (Fsp3) is 0.895. The zero-order chi connectivity index (χ0) is 19.7. The Kier molecular flexibility index (Phi) is 8.95. The van der Waals surface area contributed by atoms with Gasteiger partial charge >= 0.3 is 11.9 Å². The second-order valence-electron chi connectivity index (χ2n) is 7.26. The number of carbonyl (C=O) groups is 2. The van der Waals surface area contributed by atoms with E-state index in [-0.39, 0.29) is 32.2 Å². The Morgan fingerprint density at radius 2 is 1.74 bits per heavy atom. The average Bonchev–Trinajstić information content (AvgIpc) is 3.16. The predicted octanol–water partition coefficient (Wildman–Crippen LogP) is 1.45. The average molecular weight is 388 g/mol. The minimum atomic E-state index is -1.86. The Morgan fingerprint density at radius 1 is 1.04 bits per heavy atom. The maximum atomic E-state index is 11.9. The molecule has 156 valence electrons. The lowest BCUT2D eigenvalue weighted by Crippen LogP contribution is -2.47. The summed E-state index contributed by atoms with van der Waals surface area (Å²) < 4.78 is 20.8. The molecule has 0 amide bonds. The fourth-order valence-corrected chi connectivity index (χ4v) is 3.31. The number of carbonyl (C=O) groups excluding carboxylic acids is 2. The highest BCUT2D eigenvalue weighted by molar-refractivity contribution is 5.70. The third kappa shape index (κ3) is 6.71. The minimum absolute atomic E-state index is 0.0408. The lowest BCUT2D eigenvalue weighted by Gasteiger charge is -2.26. The summed E-state index contributed by atoms with van der Waals surface area (Å²) in [5, 5.41) is 20.0. The molecule has 0 unspecified atom stereocenters. The summed E-state index contributed by atoms with van der Waals surface area (Å²) in [6.45, 7) is 2.24. The summed E-state index contributed by atoms with van der Waals surface area (Å²) in [6, 6.07) is 0. The van der Waals surface area contributed by atoms with Crippen LogP contribution in [0.15, 0.2) is 0 Å². The van der Waals surface area contributed by atoms with Gasteiger partial charge in [0.25, 0.3) is 5.79 Å². The van der Waals surface area contributed by atoms with Crippen molar-refractivity contribution in [3.63, 3.8) is 0 Å². The summed E-state index contributed by atoms with van der Waals surface area (Å²) in [5.41, 5.74) is 0. The van der Waals surface area contributed by atoms with Crippen molar-refractivity contribution in [2.45, 2.75) is 88.8 Å². The summed E-state index contributed by atoms with van der Waals surface area (Å²) in [6.07, 6.45) is 4.61. The summed E-state index contributed by atoms with van der Waals surface area (Å²) >= 11 is 0. The number of rotatable bonds is 12. The van der Waals surface area contributed by atoms with Crippen molar-refractivity contribution in [1.29, 1.82) is 0 Å². The van der Waals surface area contributed by atoms with Gasteiger partial charge in [-0.3, -0.25) is 9.59 Å². The monoisotopic (exact) mass is 388 g/mol. The number of fused-ring (bicyclic) bond motifs is 1. The molecule has 2 rings (SSSR count). The maximum Gasteiger partial charge on any atom is 0.308 e. The Bertz CT molecular complexity index is 482. The number of hydrogen-bond acceptors (Lipinski definition) is 8. The molecule has 4 atom stereocenters. The van der Waals surface area contributed by atoms with Crippen molar-refractivity contribution in [3.05, 3.63) is 0 Å². The number of unbranched alkanes of at least 4 members (excludes halogenated alkanes) is 5. The maximum absolute atomic E-state index is 11.9. The third-order valence-corrected chi connectivity index (χ3v) is 4.86. The first-order valence-electron chi connectivity index (χ1n) is 9.97. The van der Waals surface area contributed by atoms with Crippen LogP contribution in [0.3, 0.4) is 0 Å². The van der Waals surface area contributed by atoms with Gasteiger partial charge in [-0.1, -0.05) is 32.6 Å². The lowest BCUT2D eigenvalue weighted by atomic mass is 10.1. The van der Waals surface area contributed by atoms with E-state index in [1.54, 1.807) is 0 Å². The molecule has 0 aromatic heterocycles. The number of aliphatic hydroxyl groups excluding tert-OH is 1. The van der Waals surface area contributed by atoms with E-state index in [1.807, 2.05) is 0 Å². The Balaban J connectivity index is 1.52. The zero-order valence-corrected chi connectivity index (χ0v) is 16.1. The van der Waals surface area contributed by atoms with Crippen LogP contribution in [0.25, 0.3) is 0 Å². The molecule has 0 aromatic rings. The van der Waals surface area contributed by atoms with Gasteiger partial charge in [-0.2, -0.15) is 0 Å². The molecular weight excluding hydrogens is 356 g/mol. The van der Waals surface area contributed by atoms with Gasteiger partial charge in [-0.05, 0) is 19.3 Å². The van der Waals surface area contributed by atoms with E-state index >= 15 is 0 Å². The second-order valence-corrected chi connectivity index (χ2v) is 7.26. The van der Waals surface area contributed by atoms with Crippen LogP contribution < -0.4 is 0 Å². The molecule has 2 aliphatic heterocycles. The molecule has 0 aromatic carbocycles. The van der Waals surface area contributed by atoms with E-state index in [0.717, 1.165) is 19.3 Å². The lowest BCUT2D eigenvalue weighted by molar-refractivity contribution is -0.237. The second kappa shape index (κ2) is 10.9. The van der Waals surface area contributed by atoms with E-state index in [0.29, 0.717) is 19.3 Å². The highest BCUT2D eigenvalue weighted by Crippen LogP contribution is 2.35. The molecule has 0 radical (unpaired) electrons. The van der Waals surface area contributed by atoms with Crippen molar-refractivity contribution in [2.75, 3.05) is 19.8 Å². The highest BCUT2D eigenvalue weighted by atomic mass is 16.7. The van der Waals surface area contributed by atoms with E-state index in [9.17, 15) is 19.8 Å². The van der Waals surface area contributed by atoms with Gasteiger partial charge in [0, 0.05) is 12.8 Å². The molecule has 0 saturated carbocycles. The van der Waals surface area contributed by atoms with Crippen molar-refractivity contribution < 1.29 is 38.7 Å². The van der Waals surface area contributed by atoms with E-state index in [1.165, 1.54) is 12.8 Å². The summed E-state index contributed by atoms with van der Waals surface area (Å²) in [4.78, 5) is 23.5. The molecule has 2 N–H and O–H groups in total. The standard InChI is InChI=1S/C19H32O8/c1-2-3-4-5-6-9-15(21)24-11-8-7-10-16(22)27-19(23)13-26-17-14(20)12-25-18(17)19/h14,17-18,20,23H,2-13H2,1H3/t14-,17-,18+,19+/m1/s1. The first-order chi connectivity index (χ1) is 13.0. The van der Waals surface area contributed by atoms with Crippen molar-refractivity contribution >= 4 is 11.9 Å². The molecular formula is C19H32O8. The van der Waals surface area contributed by atoms with Crippen LogP contribution in [0.4, 0.5) is 0 Å². The van der Waals surface area contributed by atoms with E-state index in [2.05, 4.69) is 6.92 Å². The molecule has 0 aliphatic carbocycles. The number of ether oxygens (including phenoxy) is 4. The Hall–Kier alpha value is -1.22. The first kappa shape index (κ1) is 22.1. The van der Waals surface area contributed by atoms with Crippen LogP contribution in [-0.4, -0.2) is 66.1 Å². The van der Waals surface area contributed by atoms with Gasteiger partial charge in [0.15, 0.2) is 6.10 Å². The fourth-order valence-electron chi connectivity index (χ4n) is 3.31. The van der Waals surface area contributed by atoms with Gasteiger partial charge in [0.05, 0.1) is 13.2 Å². The SMILES string of the molecule is CCCCCCCC(=O)OCCCCC(=O)O[C@@]1(O)CO[C@@H]2[C@H](O)CO[C@@H]21. The zero-order valence-electron chi connectivity index (χ0n) is 16.1. The number of aliphatic hydroxyl groups is 2. The van der Waals surface area contributed by atoms with Gasteiger partial charge in [0.2, 0.25) is 0 Å². The largest absolute Gasteiger partial charge is 0.466 e. The van der Waals surface area contributed by atoms with Crippen molar-refractivity contribution in [3.8, 4) is 0 Å². The van der Waals surface area contributed by atoms with Crippen LogP contribution in [0.2, 0.25) is 0 Å². The number of esters is 2. The van der Waals surface area contributed by atoms with Gasteiger partial charge in [-0.25, -0.2) is 0 Å². The molecule has 2 fully saturated rings. The van der Waals surface area contributed by atoms with Crippen molar-refractivity contribution in [2.24, 2.45) is 0 Å². The van der Waals surface area contributed by atoms with Crippen molar-refractivity contribution in [1.82, 2.24) is 0 Å². The van der Waals surface area contributed by atoms with Gasteiger partial charge in [0.1, 0.15) is 18.8 Å². The van der Waals surface area contributed by atoms with Crippen LogP contribution in [0.1, 0.15) is 64.7 Å². The van der Waals surface area contributed by atoms with Crippen LogP contribution >= 0.6 is 0 Å². The number of hydrogen-bond donors (Lipinski definition) is 2. The summed E-state index contributed by atoms with van der Waals surface area (Å²) in [5.74, 6) is -2.63.